The molecule has 0 aliphatic carbocycles. The zero-order valence-electron chi connectivity index (χ0n) is 10.7. The zero-order chi connectivity index (χ0) is 13.4. The van der Waals surface area contributed by atoms with E-state index in [1.807, 2.05) is 0 Å². The van der Waals surface area contributed by atoms with E-state index >= 15 is 0 Å². The Labute approximate surface area is 107 Å². The molecule has 1 aromatic heterocycles. The largest absolute Gasteiger partial charge is 0.382 e. The molecule has 0 aromatic carbocycles. The molecule has 0 aliphatic heterocycles. The summed E-state index contributed by atoms with van der Waals surface area (Å²) in [6.45, 7) is 2.15. The van der Waals surface area contributed by atoms with Gasteiger partial charge in [0.05, 0.1) is 6.20 Å². The molecule has 6 nitrogen and oxygen atoms in total. The average molecular weight is 252 g/mol. The summed E-state index contributed by atoms with van der Waals surface area (Å²) < 4.78 is 0. The summed E-state index contributed by atoms with van der Waals surface area (Å²) in [5.74, 6) is -0.464. The lowest BCUT2D eigenvalue weighted by Crippen LogP contribution is -2.21. The third kappa shape index (κ3) is 4.99. The second-order valence-electron chi connectivity index (χ2n) is 4.14. The Morgan fingerprint density at radius 2 is 2.17 bits per heavy atom. The van der Waals surface area contributed by atoms with E-state index in [1.165, 1.54) is 25.1 Å². The third-order valence-corrected chi connectivity index (χ3v) is 2.52. The fourth-order valence-electron chi connectivity index (χ4n) is 1.52. The van der Waals surface area contributed by atoms with Gasteiger partial charge in [-0.3, -0.25) is 5.41 Å². The number of nitrogen functional groups attached to an aromatic ring is 1. The fourth-order valence-corrected chi connectivity index (χ4v) is 1.52. The van der Waals surface area contributed by atoms with Gasteiger partial charge in [-0.25, -0.2) is 4.79 Å². The van der Waals surface area contributed by atoms with Gasteiger partial charge in [0.1, 0.15) is 11.5 Å². The lowest BCUT2D eigenvalue weighted by Gasteiger charge is -2.02. The van der Waals surface area contributed by atoms with Crippen molar-refractivity contribution >= 4 is 11.8 Å². The zero-order valence-corrected chi connectivity index (χ0v) is 10.7. The van der Waals surface area contributed by atoms with Gasteiger partial charge in [-0.1, -0.05) is 37.5 Å². The first-order chi connectivity index (χ1) is 8.63. The summed E-state index contributed by atoms with van der Waals surface area (Å²) in [7, 11) is 0. The molecule has 0 saturated carbocycles. The summed E-state index contributed by atoms with van der Waals surface area (Å²) in [5, 5.41) is 11.0. The number of nitrogens with one attached hydrogen (secondary N) is 1. The van der Waals surface area contributed by atoms with Gasteiger partial charge < -0.3 is 10.6 Å². The molecule has 0 fully saturated rings. The van der Waals surface area contributed by atoms with Crippen LogP contribution in [-0.2, 0) is 4.79 Å². The molecule has 1 rings (SSSR count). The minimum Gasteiger partial charge on any atom is -0.382 e. The van der Waals surface area contributed by atoms with Crippen molar-refractivity contribution in [2.75, 3.05) is 0 Å². The highest BCUT2D eigenvalue weighted by atomic mass is 16.7. The highest BCUT2D eigenvalue weighted by molar-refractivity contribution is 5.92. The number of nitrogens with two attached hydrogens (primary N) is 1. The average Bonchev–Trinajstić information content (AvgIpc) is 2.77. The van der Waals surface area contributed by atoms with Gasteiger partial charge in [0.25, 0.3) is 0 Å². The van der Waals surface area contributed by atoms with Crippen LogP contribution in [0.3, 0.4) is 0 Å². The van der Waals surface area contributed by atoms with Crippen molar-refractivity contribution in [2.24, 2.45) is 5.73 Å². The molecule has 6 heteroatoms. The summed E-state index contributed by atoms with van der Waals surface area (Å²) in [6, 6.07) is 1.52. The van der Waals surface area contributed by atoms with E-state index in [0.717, 1.165) is 24.1 Å². The normalized spacial score (nSPS) is 10.3. The Morgan fingerprint density at radius 1 is 1.44 bits per heavy atom. The van der Waals surface area contributed by atoms with Crippen LogP contribution in [0, 0.1) is 5.41 Å². The SMILES string of the molecule is CCCCCCCC(=O)On1ccc(C(=N)N)n1. The molecule has 100 valence electrons. The van der Waals surface area contributed by atoms with Crippen LogP contribution in [0.25, 0.3) is 0 Å². The molecular weight excluding hydrogens is 232 g/mol. The predicted octanol–water partition coefficient (Wildman–Crippen LogP) is 1.48. The standard InChI is InChI=1S/C12H20N4O2/c1-2-3-4-5-6-7-11(17)18-16-9-8-10(15-16)12(13)14/h8-9H,2-7H2,1H3,(H3,13,14). The number of rotatable bonds is 8. The quantitative estimate of drug-likeness (QED) is 0.416. The third-order valence-electron chi connectivity index (χ3n) is 2.52. The first-order valence-corrected chi connectivity index (χ1v) is 6.24. The molecule has 0 radical (unpaired) electrons. The van der Waals surface area contributed by atoms with E-state index < -0.39 is 0 Å². The van der Waals surface area contributed by atoms with Gasteiger partial charge in [0, 0.05) is 6.42 Å². The summed E-state index contributed by atoms with van der Waals surface area (Å²) >= 11 is 0. The monoisotopic (exact) mass is 252 g/mol. The van der Waals surface area contributed by atoms with Gasteiger partial charge in [0.15, 0.2) is 0 Å². The molecule has 0 amide bonds. The maximum atomic E-state index is 11.5. The Hall–Kier alpha value is -1.85. The fraction of sp³-hybridized carbons (Fsp3) is 0.583. The van der Waals surface area contributed by atoms with Crippen molar-refractivity contribution in [1.29, 1.82) is 5.41 Å². The first-order valence-electron chi connectivity index (χ1n) is 6.24. The number of amidine groups is 1. The predicted molar refractivity (Wildman–Crippen MR) is 68.2 cm³/mol. The van der Waals surface area contributed by atoms with Crippen molar-refractivity contribution < 1.29 is 9.63 Å². The summed E-state index contributed by atoms with van der Waals surface area (Å²) in [5.41, 5.74) is 5.55. The molecule has 1 heterocycles. The van der Waals surface area contributed by atoms with E-state index in [0.29, 0.717) is 12.1 Å². The van der Waals surface area contributed by atoms with Crippen molar-refractivity contribution in [3.63, 3.8) is 0 Å². The van der Waals surface area contributed by atoms with Crippen LogP contribution in [0.2, 0.25) is 0 Å². The second kappa shape index (κ2) is 7.47. The van der Waals surface area contributed by atoms with E-state index in [2.05, 4.69) is 12.0 Å². The molecule has 0 saturated heterocycles. The van der Waals surface area contributed by atoms with Crippen LogP contribution in [-0.4, -0.2) is 21.7 Å². The van der Waals surface area contributed by atoms with E-state index in [1.54, 1.807) is 0 Å². The minimum atomic E-state index is -0.315. The topological polar surface area (TPSA) is 94.0 Å². The van der Waals surface area contributed by atoms with Crippen molar-refractivity contribution in [2.45, 2.75) is 45.4 Å². The van der Waals surface area contributed by atoms with E-state index in [-0.39, 0.29) is 11.8 Å². The maximum absolute atomic E-state index is 11.5. The van der Waals surface area contributed by atoms with Crippen LogP contribution in [0.4, 0.5) is 0 Å². The molecule has 0 bridgehead atoms. The number of hydrogen-bond donors (Lipinski definition) is 2. The molecule has 3 N–H and O–H groups in total. The van der Waals surface area contributed by atoms with Gasteiger partial charge >= 0.3 is 5.97 Å². The summed E-state index contributed by atoms with van der Waals surface area (Å²) in [4.78, 5) is 17.5. The van der Waals surface area contributed by atoms with Crippen LogP contribution in [0.1, 0.15) is 51.1 Å². The molecule has 18 heavy (non-hydrogen) atoms. The number of aromatic nitrogens is 2. The Balaban J connectivity index is 2.24. The second-order valence-corrected chi connectivity index (χ2v) is 4.14. The lowest BCUT2D eigenvalue weighted by atomic mass is 10.1. The van der Waals surface area contributed by atoms with Crippen molar-refractivity contribution in [1.82, 2.24) is 9.94 Å². The molecule has 0 unspecified atom stereocenters. The Kier molecular flexibility index (Phi) is 5.90. The van der Waals surface area contributed by atoms with Gasteiger partial charge in [-0.05, 0) is 12.5 Å². The van der Waals surface area contributed by atoms with Gasteiger partial charge in [-0.2, -0.15) is 0 Å². The maximum Gasteiger partial charge on any atom is 0.334 e. The minimum absolute atomic E-state index is 0.149. The van der Waals surface area contributed by atoms with Gasteiger partial charge in [-0.15, -0.1) is 5.10 Å². The highest BCUT2D eigenvalue weighted by Crippen LogP contribution is 2.05. The smallest absolute Gasteiger partial charge is 0.334 e. The number of carbonyl (C=O) groups excluding carboxylic acids is 1. The van der Waals surface area contributed by atoms with Crippen LogP contribution in [0.15, 0.2) is 12.3 Å². The molecule has 0 spiro atoms. The van der Waals surface area contributed by atoms with Crippen LogP contribution >= 0.6 is 0 Å². The van der Waals surface area contributed by atoms with Gasteiger partial charge in [0.2, 0.25) is 0 Å². The number of hydrogen-bond acceptors (Lipinski definition) is 4. The number of unbranched alkanes of at least 4 members (excludes halogenated alkanes) is 4. The Morgan fingerprint density at radius 3 is 2.78 bits per heavy atom. The van der Waals surface area contributed by atoms with Crippen molar-refractivity contribution in [3.8, 4) is 0 Å². The highest BCUT2D eigenvalue weighted by Gasteiger charge is 2.07. The van der Waals surface area contributed by atoms with Crippen LogP contribution < -0.4 is 10.6 Å². The van der Waals surface area contributed by atoms with E-state index in [9.17, 15) is 4.79 Å². The number of nitrogens with zero attached hydrogens (tertiary/aromatic N) is 2. The molecular formula is C12H20N4O2. The van der Waals surface area contributed by atoms with Crippen LogP contribution in [0.5, 0.6) is 0 Å². The summed E-state index contributed by atoms with van der Waals surface area (Å²) in [6.07, 6.45) is 7.27. The lowest BCUT2D eigenvalue weighted by molar-refractivity contribution is -0.145. The Bertz CT molecular complexity index is 401. The number of carbonyl (C=O) groups is 1. The molecule has 0 aliphatic rings. The molecule has 0 atom stereocenters. The molecule has 1 aromatic rings. The van der Waals surface area contributed by atoms with E-state index in [4.69, 9.17) is 16.0 Å². The first kappa shape index (κ1) is 14.2. The van der Waals surface area contributed by atoms with Crippen molar-refractivity contribution in [3.05, 3.63) is 18.0 Å².